The van der Waals surface area contributed by atoms with Crippen LogP contribution in [0.15, 0.2) is 48.6 Å². The van der Waals surface area contributed by atoms with Crippen LogP contribution < -0.4 is 5.32 Å². The molecular weight excluding hydrogens is 767 g/mol. The molecule has 0 fully saturated rings. The van der Waals surface area contributed by atoms with Gasteiger partial charge in [-0.15, -0.1) is 0 Å². The molecule has 0 saturated carbocycles. The van der Waals surface area contributed by atoms with Crippen molar-refractivity contribution in [2.24, 2.45) is 0 Å². The zero-order valence-corrected chi connectivity index (χ0v) is 41.3. The second-order valence-corrected chi connectivity index (χ2v) is 18.3. The molecule has 0 spiro atoms. The van der Waals surface area contributed by atoms with Crippen molar-refractivity contribution in [3.8, 4) is 0 Å². The first kappa shape index (κ1) is 59.8. The van der Waals surface area contributed by atoms with E-state index in [1.54, 1.807) is 0 Å². The van der Waals surface area contributed by atoms with Gasteiger partial charge in [-0.2, -0.15) is 0 Å². The van der Waals surface area contributed by atoms with Gasteiger partial charge in [0.05, 0.1) is 25.2 Å². The van der Waals surface area contributed by atoms with Crippen LogP contribution in [0.1, 0.15) is 271 Å². The normalized spacial score (nSPS) is 13.6. The third kappa shape index (κ3) is 44.4. The van der Waals surface area contributed by atoms with Gasteiger partial charge in [0.25, 0.3) is 0 Å². The van der Waals surface area contributed by atoms with E-state index in [9.17, 15) is 19.8 Å². The van der Waals surface area contributed by atoms with Gasteiger partial charge in [-0.05, 0) is 70.6 Å². The van der Waals surface area contributed by atoms with Crippen molar-refractivity contribution in [1.29, 1.82) is 0 Å². The Morgan fingerprint density at radius 1 is 0.484 bits per heavy atom. The van der Waals surface area contributed by atoms with Crippen molar-refractivity contribution in [2.75, 3.05) is 6.61 Å². The second kappa shape index (κ2) is 49.8. The molecule has 0 bridgehead atoms. The molecule has 0 aliphatic carbocycles. The zero-order valence-electron chi connectivity index (χ0n) is 41.3. The molecule has 3 atom stereocenters. The third-order valence-electron chi connectivity index (χ3n) is 12.2. The molecule has 6 nitrogen and oxygen atoms in total. The maximum absolute atomic E-state index is 13.2. The van der Waals surface area contributed by atoms with Crippen LogP contribution in [-0.4, -0.2) is 46.9 Å². The van der Waals surface area contributed by atoms with Crippen LogP contribution >= 0.6 is 0 Å². The van der Waals surface area contributed by atoms with Crippen molar-refractivity contribution in [3.63, 3.8) is 0 Å². The number of hydrogen-bond acceptors (Lipinski definition) is 5. The third-order valence-corrected chi connectivity index (χ3v) is 12.2. The van der Waals surface area contributed by atoms with E-state index in [0.717, 1.165) is 96.3 Å². The molecular formula is C56H103NO5. The highest BCUT2D eigenvalue weighted by Gasteiger charge is 2.24. The lowest BCUT2D eigenvalue weighted by Gasteiger charge is -2.24. The van der Waals surface area contributed by atoms with Gasteiger partial charge in [-0.1, -0.05) is 236 Å². The van der Waals surface area contributed by atoms with Gasteiger partial charge in [0.15, 0.2) is 0 Å². The molecule has 3 N–H and O–H groups in total. The minimum atomic E-state index is -0.795. The highest BCUT2D eigenvalue weighted by molar-refractivity contribution is 5.77. The molecule has 0 rings (SSSR count). The SMILES string of the molecule is CC/C=C/C=C/C=C\CCCCCCCC(=O)OC(CCCCC/C=C/CCCCCCCCC)CC(=O)NC(CO)C(O)CCCCCCCCCCCCCCCCCC. The quantitative estimate of drug-likeness (QED) is 0.0245. The highest BCUT2D eigenvalue weighted by atomic mass is 16.5. The molecule has 0 heterocycles. The van der Waals surface area contributed by atoms with Crippen LogP contribution in [0.25, 0.3) is 0 Å². The fraction of sp³-hybridized carbons (Fsp3) is 0.821. The fourth-order valence-electron chi connectivity index (χ4n) is 8.13. The van der Waals surface area contributed by atoms with Gasteiger partial charge < -0.3 is 20.3 Å². The lowest BCUT2D eigenvalue weighted by Crippen LogP contribution is -2.46. The summed E-state index contributed by atoms with van der Waals surface area (Å²) in [6.07, 6.45) is 60.3. The van der Waals surface area contributed by atoms with Gasteiger partial charge >= 0.3 is 5.97 Å². The first-order valence-electron chi connectivity index (χ1n) is 26.9. The summed E-state index contributed by atoms with van der Waals surface area (Å²) in [5.41, 5.74) is 0. The first-order chi connectivity index (χ1) is 30.5. The van der Waals surface area contributed by atoms with Gasteiger partial charge in [-0.3, -0.25) is 9.59 Å². The standard InChI is InChI=1S/C56H103NO5/c1-4-7-10-13-16-19-22-25-27-28-31-33-36-39-42-45-48-54(59)53(51-58)57-55(60)50-52(47-44-41-38-35-32-30-26-23-20-17-14-11-8-5-2)62-56(61)49-46-43-40-37-34-29-24-21-18-15-12-9-6-3/h9,12,15,18,21,24,30,32,52-54,58-59H,4-8,10-11,13-14,16-17,19-20,22-23,25-29,31,33-51H2,1-3H3,(H,57,60)/b12-9+,18-15+,24-21-,32-30+. The second-order valence-electron chi connectivity index (χ2n) is 18.3. The number of esters is 1. The molecule has 0 aromatic heterocycles. The first-order valence-corrected chi connectivity index (χ1v) is 26.9. The van der Waals surface area contributed by atoms with Crippen LogP contribution in [0, 0.1) is 0 Å². The average molecular weight is 870 g/mol. The molecule has 0 radical (unpaired) electrons. The van der Waals surface area contributed by atoms with Crippen molar-refractivity contribution in [2.45, 2.75) is 289 Å². The molecule has 0 aromatic rings. The Balaban J connectivity index is 4.57. The zero-order chi connectivity index (χ0) is 45.2. The Bertz CT molecular complexity index is 1070. The van der Waals surface area contributed by atoms with E-state index in [-0.39, 0.29) is 24.9 Å². The van der Waals surface area contributed by atoms with Crippen LogP contribution in [-0.2, 0) is 14.3 Å². The van der Waals surface area contributed by atoms with Crippen LogP contribution in [0.5, 0.6) is 0 Å². The minimum Gasteiger partial charge on any atom is -0.462 e. The van der Waals surface area contributed by atoms with Gasteiger partial charge in [0.2, 0.25) is 5.91 Å². The number of carbonyl (C=O) groups is 2. The average Bonchev–Trinajstić information content (AvgIpc) is 3.26. The van der Waals surface area contributed by atoms with Gasteiger partial charge in [0, 0.05) is 6.42 Å². The number of nitrogens with one attached hydrogen (secondary N) is 1. The predicted octanol–water partition coefficient (Wildman–Crippen LogP) is 16.2. The fourth-order valence-corrected chi connectivity index (χ4v) is 8.13. The lowest BCUT2D eigenvalue weighted by atomic mass is 10.0. The summed E-state index contributed by atoms with van der Waals surface area (Å²) in [6.45, 7) is 6.36. The van der Waals surface area contributed by atoms with E-state index in [0.29, 0.717) is 19.3 Å². The number of ether oxygens (including phenoxy) is 1. The van der Waals surface area contributed by atoms with Crippen molar-refractivity contribution in [1.82, 2.24) is 5.32 Å². The molecule has 0 aliphatic rings. The Kier molecular flexibility index (Phi) is 48.1. The number of rotatable bonds is 48. The number of hydrogen-bond donors (Lipinski definition) is 3. The molecule has 6 heteroatoms. The van der Waals surface area contributed by atoms with Crippen LogP contribution in [0.4, 0.5) is 0 Å². The largest absolute Gasteiger partial charge is 0.462 e. The molecule has 3 unspecified atom stereocenters. The number of aliphatic hydroxyl groups is 2. The Morgan fingerprint density at radius 3 is 1.37 bits per heavy atom. The summed E-state index contributed by atoms with van der Waals surface area (Å²) in [5.74, 6) is -0.506. The predicted molar refractivity (Wildman–Crippen MR) is 269 cm³/mol. The number of aliphatic hydroxyl groups excluding tert-OH is 2. The summed E-state index contributed by atoms with van der Waals surface area (Å²) < 4.78 is 5.92. The number of allylic oxidation sites excluding steroid dienone is 8. The van der Waals surface area contributed by atoms with E-state index >= 15 is 0 Å². The van der Waals surface area contributed by atoms with E-state index < -0.39 is 18.2 Å². The maximum atomic E-state index is 13.2. The smallest absolute Gasteiger partial charge is 0.306 e. The van der Waals surface area contributed by atoms with Crippen molar-refractivity contribution < 1.29 is 24.5 Å². The number of amides is 1. The molecule has 0 saturated heterocycles. The van der Waals surface area contributed by atoms with Crippen molar-refractivity contribution >= 4 is 11.9 Å². The van der Waals surface area contributed by atoms with Gasteiger partial charge in [-0.25, -0.2) is 0 Å². The van der Waals surface area contributed by atoms with Crippen LogP contribution in [0.2, 0.25) is 0 Å². The molecule has 362 valence electrons. The van der Waals surface area contributed by atoms with Crippen molar-refractivity contribution in [3.05, 3.63) is 48.6 Å². The number of carbonyl (C=O) groups excluding carboxylic acids is 2. The summed E-state index contributed by atoms with van der Waals surface area (Å²) in [6, 6.07) is -0.710. The Hall–Kier alpha value is -2.18. The monoisotopic (exact) mass is 870 g/mol. The lowest BCUT2D eigenvalue weighted by molar-refractivity contribution is -0.151. The topological polar surface area (TPSA) is 95.9 Å². The molecule has 0 aromatic carbocycles. The summed E-state index contributed by atoms with van der Waals surface area (Å²) in [4.78, 5) is 26.2. The molecule has 0 aliphatic heterocycles. The van der Waals surface area contributed by atoms with E-state index in [1.165, 1.54) is 128 Å². The maximum Gasteiger partial charge on any atom is 0.306 e. The van der Waals surface area contributed by atoms with E-state index in [4.69, 9.17) is 4.74 Å². The van der Waals surface area contributed by atoms with E-state index in [1.807, 2.05) is 0 Å². The molecule has 1 amide bonds. The van der Waals surface area contributed by atoms with Gasteiger partial charge in [0.1, 0.15) is 6.10 Å². The van der Waals surface area contributed by atoms with Crippen LogP contribution in [0.3, 0.4) is 0 Å². The minimum absolute atomic E-state index is 0.0595. The molecule has 62 heavy (non-hydrogen) atoms. The highest BCUT2D eigenvalue weighted by Crippen LogP contribution is 2.18. The van der Waals surface area contributed by atoms with E-state index in [2.05, 4.69) is 74.7 Å². The summed E-state index contributed by atoms with van der Waals surface area (Å²) in [7, 11) is 0. The number of unbranched alkanes of at least 4 members (excludes halogenated alkanes) is 30. The summed E-state index contributed by atoms with van der Waals surface area (Å²) in [5, 5.41) is 23.8. The Labute approximate surface area is 385 Å². The summed E-state index contributed by atoms with van der Waals surface area (Å²) >= 11 is 0. The Morgan fingerprint density at radius 2 is 0.887 bits per heavy atom.